The minimum atomic E-state index is -0.936. The third-order valence-electron chi connectivity index (χ3n) is 2.06. The molecule has 2 atom stereocenters. The van der Waals surface area contributed by atoms with Gasteiger partial charge in [0.2, 0.25) is 0 Å². The fourth-order valence-corrected chi connectivity index (χ4v) is 1.31. The summed E-state index contributed by atoms with van der Waals surface area (Å²) in [5, 5.41) is 2.72. The van der Waals surface area contributed by atoms with Crippen molar-refractivity contribution in [1.82, 2.24) is 5.32 Å². The molecule has 0 heterocycles. The molecule has 0 aromatic heterocycles. The van der Waals surface area contributed by atoms with E-state index in [0.29, 0.717) is 6.61 Å². The van der Waals surface area contributed by atoms with Gasteiger partial charge in [-0.2, -0.15) is 0 Å². The van der Waals surface area contributed by atoms with Crippen LogP contribution < -0.4 is 5.32 Å². The third-order valence-corrected chi connectivity index (χ3v) is 2.14. The number of halogens is 1. The molecule has 0 aromatic rings. The van der Waals surface area contributed by atoms with Gasteiger partial charge in [-0.1, -0.05) is 13.3 Å². The number of carbonyl (C=O) groups excluding carboxylic acids is 2. The Labute approximate surface area is 100 Å². The molecule has 0 aliphatic heterocycles. The highest BCUT2D eigenvalue weighted by atomic mass is 35.5. The van der Waals surface area contributed by atoms with Gasteiger partial charge < -0.3 is 14.8 Å². The van der Waals surface area contributed by atoms with E-state index in [-0.39, 0.29) is 0 Å². The summed E-state index contributed by atoms with van der Waals surface area (Å²) in [4.78, 5) is 22.1. The average Bonchev–Trinajstić information content (AvgIpc) is 2.18. The van der Waals surface area contributed by atoms with Gasteiger partial charge in [0.05, 0.1) is 6.61 Å². The van der Waals surface area contributed by atoms with Crippen LogP contribution in [0.2, 0.25) is 0 Å². The zero-order valence-electron chi connectivity index (χ0n) is 9.79. The summed E-state index contributed by atoms with van der Waals surface area (Å²) in [5.41, 5.74) is -0.936. The van der Waals surface area contributed by atoms with Crippen LogP contribution in [-0.2, 0) is 14.3 Å². The Balaban J connectivity index is 4.14. The Hall–Kier alpha value is -0.810. The Morgan fingerprint density at radius 2 is 2.06 bits per heavy atom. The summed E-state index contributed by atoms with van der Waals surface area (Å²) < 4.78 is 9.70. The number of likely N-dealkylation sites (N-methyl/N-ethyl adjacent to an activating group) is 1. The average molecular weight is 252 g/mol. The van der Waals surface area contributed by atoms with Crippen molar-refractivity contribution in [3.63, 3.8) is 0 Å². The molecule has 0 saturated carbocycles. The van der Waals surface area contributed by atoms with Crippen molar-refractivity contribution in [3.8, 4) is 0 Å². The smallest absolute Gasteiger partial charge is 0.404 e. The van der Waals surface area contributed by atoms with Crippen molar-refractivity contribution in [2.75, 3.05) is 13.7 Å². The third kappa shape index (κ3) is 5.92. The highest BCUT2D eigenvalue weighted by Gasteiger charge is 2.27. The summed E-state index contributed by atoms with van der Waals surface area (Å²) in [6, 6.07) is -0.695. The first-order valence-electron chi connectivity index (χ1n) is 5.22. The lowest BCUT2D eigenvalue weighted by Gasteiger charge is -2.20. The predicted molar refractivity (Wildman–Crippen MR) is 60.5 cm³/mol. The quantitative estimate of drug-likeness (QED) is 0.424. The molecule has 0 aliphatic carbocycles. The van der Waals surface area contributed by atoms with Crippen molar-refractivity contribution >= 4 is 23.0 Å². The highest BCUT2D eigenvalue weighted by Crippen LogP contribution is 2.04. The molecular weight excluding hydrogens is 234 g/mol. The van der Waals surface area contributed by atoms with Gasteiger partial charge in [-0.25, -0.2) is 4.79 Å². The van der Waals surface area contributed by atoms with Gasteiger partial charge in [-0.05, 0) is 20.4 Å². The lowest BCUT2D eigenvalue weighted by molar-refractivity contribution is -0.148. The molecule has 0 aliphatic rings. The zero-order chi connectivity index (χ0) is 12.6. The SMILES string of the molecule is CCCCOC(=O)C(NC)C(C)OC(=O)Cl. The van der Waals surface area contributed by atoms with Crippen molar-refractivity contribution in [2.45, 2.75) is 38.8 Å². The van der Waals surface area contributed by atoms with Crippen LogP contribution in [0.1, 0.15) is 26.7 Å². The first kappa shape index (κ1) is 15.2. The van der Waals surface area contributed by atoms with Crippen LogP contribution in [-0.4, -0.2) is 37.2 Å². The first-order valence-corrected chi connectivity index (χ1v) is 5.60. The number of rotatable bonds is 7. The number of unbranched alkanes of at least 4 members (excludes halogenated alkanes) is 1. The van der Waals surface area contributed by atoms with Crippen LogP contribution in [0.25, 0.3) is 0 Å². The van der Waals surface area contributed by atoms with Gasteiger partial charge in [0, 0.05) is 11.6 Å². The number of carbonyl (C=O) groups is 2. The summed E-state index contributed by atoms with van der Waals surface area (Å²) in [6.45, 7) is 3.94. The van der Waals surface area contributed by atoms with E-state index in [9.17, 15) is 9.59 Å². The molecule has 1 N–H and O–H groups in total. The zero-order valence-corrected chi connectivity index (χ0v) is 10.5. The molecule has 0 saturated heterocycles. The summed E-state index contributed by atoms with van der Waals surface area (Å²) in [7, 11) is 1.59. The second-order valence-corrected chi connectivity index (χ2v) is 3.66. The Kier molecular flexibility index (Phi) is 7.93. The Morgan fingerprint density at radius 3 is 2.50 bits per heavy atom. The van der Waals surface area contributed by atoms with E-state index in [4.69, 9.17) is 21.1 Å². The maximum atomic E-state index is 11.6. The fourth-order valence-electron chi connectivity index (χ4n) is 1.17. The number of hydrogen-bond donors (Lipinski definition) is 1. The van der Waals surface area contributed by atoms with E-state index in [1.165, 1.54) is 0 Å². The molecule has 0 fully saturated rings. The highest BCUT2D eigenvalue weighted by molar-refractivity contribution is 6.61. The summed E-state index contributed by atoms with van der Waals surface area (Å²) >= 11 is 5.06. The number of hydrogen-bond acceptors (Lipinski definition) is 5. The second kappa shape index (κ2) is 8.35. The van der Waals surface area contributed by atoms with Crippen LogP contribution in [0.4, 0.5) is 4.79 Å². The fraction of sp³-hybridized carbons (Fsp3) is 0.800. The predicted octanol–water partition coefficient (Wildman–Crippen LogP) is 1.68. The molecule has 0 spiro atoms. The first-order chi connectivity index (χ1) is 7.52. The van der Waals surface area contributed by atoms with Crippen molar-refractivity contribution in [1.29, 1.82) is 0 Å². The molecule has 94 valence electrons. The van der Waals surface area contributed by atoms with Crippen LogP contribution in [0.3, 0.4) is 0 Å². The van der Waals surface area contributed by atoms with Crippen LogP contribution >= 0.6 is 11.6 Å². The van der Waals surface area contributed by atoms with Gasteiger partial charge >= 0.3 is 11.4 Å². The molecule has 0 amide bonds. The van der Waals surface area contributed by atoms with Gasteiger partial charge in [0.25, 0.3) is 0 Å². The van der Waals surface area contributed by atoms with Gasteiger partial charge in [-0.3, -0.25) is 4.79 Å². The van der Waals surface area contributed by atoms with Crippen molar-refractivity contribution in [2.24, 2.45) is 0 Å². The van der Waals surface area contributed by atoms with Crippen LogP contribution in [0, 0.1) is 0 Å². The number of nitrogens with one attached hydrogen (secondary N) is 1. The summed E-state index contributed by atoms with van der Waals surface area (Å²) in [6.07, 6.45) is 1.10. The standard InChI is InChI=1S/C10H18ClNO4/c1-4-5-6-15-9(13)8(12-3)7(2)16-10(11)14/h7-8,12H,4-6H2,1-3H3. The van der Waals surface area contributed by atoms with E-state index in [0.717, 1.165) is 12.8 Å². The topological polar surface area (TPSA) is 64.6 Å². The van der Waals surface area contributed by atoms with Crippen molar-refractivity contribution in [3.05, 3.63) is 0 Å². The van der Waals surface area contributed by atoms with E-state index in [2.05, 4.69) is 5.32 Å². The molecule has 2 unspecified atom stereocenters. The van der Waals surface area contributed by atoms with Gasteiger partial charge in [0.15, 0.2) is 0 Å². The molecule has 6 heteroatoms. The Bertz CT molecular complexity index is 235. The lowest BCUT2D eigenvalue weighted by atomic mass is 10.2. The minimum Gasteiger partial charge on any atom is -0.464 e. The van der Waals surface area contributed by atoms with E-state index < -0.39 is 23.5 Å². The molecule has 16 heavy (non-hydrogen) atoms. The normalized spacial score (nSPS) is 14.0. The lowest BCUT2D eigenvalue weighted by Crippen LogP contribution is -2.45. The van der Waals surface area contributed by atoms with E-state index in [1.54, 1.807) is 14.0 Å². The van der Waals surface area contributed by atoms with E-state index >= 15 is 0 Å². The van der Waals surface area contributed by atoms with Crippen LogP contribution in [0.5, 0.6) is 0 Å². The Morgan fingerprint density at radius 1 is 1.44 bits per heavy atom. The molecule has 0 radical (unpaired) electrons. The molecular formula is C10H18ClNO4. The molecule has 0 bridgehead atoms. The van der Waals surface area contributed by atoms with Gasteiger partial charge in [-0.15, -0.1) is 0 Å². The largest absolute Gasteiger partial charge is 0.464 e. The number of esters is 1. The summed E-state index contributed by atoms with van der Waals surface area (Å²) in [5.74, 6) is -0.443. The maximum absolute atomic E-state index is 11.6. The minimum absolute atomic E-state index is 0.370. The van der Waals surface area contributed by atoms with Gasteiger partial charge in [0.1, 0.15) is 12.1 Å². The van der Waals surface area contributed by atoms with E-state index in [1.807, 2.05) is 6.92 Å². The molecule has 0 aromatic carbocycles. The maximum Gasteiger partial charge on any atom is 0.404 e. The molecule has 5 nitrogen and oxygen atoms in total. The van der Waals surface area contributed by atoms with Crippen LogP contribution in [0.15, 0.2) is 0 Å². The molecule has 0 rings (SSSR count). The monoisotopic (exact) mass is 251 g/mol. The number of ether oxygens (including phenoxy) is 2. The van der Waals surface area contributed by atoms with Crippen molar-refractivity contribution < 1.29 is 19.1 Å². The second-order valence-electron chi connectivity index (χ2n) is 3.35.